The molecule has 2 aromatic rings. The van der Waals surface area contributed by atoms with Gasteiger partial charge in [-0.1, -0.05) is 29.4 Å². The maximum atomic E-state index is 12.7. The van der Waals surface area contributed by atoms with Crippen LogP contribution < -0.4 is 0 Å². The maximum absolute atomic E-state index is 12.7. The molecule has 1 saturated carbocycles. The molecule has 2 fully saturated rings. The van der Waals surface area contributed by atoms with Gasteiger partial charge in [0.25, 0.3) is 0 Å². The number of halogens is 1. The van der Waals surface area contributed by atoms with Crippen LogP contribution in [-0.2, 0) is 16.1 Å². The highest BCUT2D eigenvalue weighted by Gasteiger charge is 2.35. The van der Waals surface area contributed by atoms with Crippen molar-refractivity contribution in [2.45, 2.75) is 24.5 Å². The van der Waals surface area contributed by atoms with Crippen LogP contribution in [0.4, 0.5) is 0 Å². The van der Waals surface area contributed by atoms with Gasteiger partial charge in [0, 0.05) is 49.2 Å². The van der Waals surface area contributed by atoms with Gasteiger partial charge in [0.1, 0.15) is 0 Å². The molecule has 1 aromatic heterocycles. The number of thioether (sulfide) groups is 1. The van der Waals surface area contributed by atoms with E-state index in [0.717, 1.165) is 18.4 Å². The van der Waals surface area contributed by atoms with Crippen molar-refractivity contribution in [3.05, 3.63) is 41.9 Å². The summed E-state index contributed by atoms with van der Waals surface area (Å²) in [5.74, 6) is 1.54. The first-order valence-corrected chi connectivity index (χ1v) is 11.4. The summed E-state index contributed by atoms with van der Waals surface area (Å²) in [6, 6.07) is 7.42. The minimum absolute atomic E-state index is 0.0553. The minimum Gasteiger partial charge on any atom is -0.339 e. The van der Waals surface area contributed by atoms with Crippen LogP contribution >= 0.6 is 23.4 Å². The molecule has 1 aliphatic heterocycles. The largest absolute Gasteiger partial charge is 0.339 e. The third-order valence-electron chi connectivity index (χ3n) is 5.33. The van der Waals surface area contributed by atoms with Gasteiger partial charge in [0.05, 0.1) is 5.75 Å². The van der Waals surface area contributed by atoms with E-state index in [4.69, 9.17) is 11.6 Å². The zero-order valence-electron chi connectivity index (χ0n) is 16.7. The second-order valence-corrected chi connectivity index (χ2v) is 8.86. The number of amides is 2. The molecule has 4 rings (SSSR count). The average Bonchev–Trinajstić information content (AvgIpc) is 3.54. The number of hydrogen-bond donors (Lipinski definition) is 0. The lowest BCUT2D eigenvalue weighted by Crippen LogP contribution is -2.51. The van der Waals surface area contributed by atoms with Gasteiger partial charge in [-0.3, -0.25) is 14.2 Å². The fourth-order valence-electron chi connectivity index (χ4n) is 3.48. The van der Waals surface area contributed by atoms with Crippen molar-refractivity contribution >= 4 is 35.2 Å². The topological polar surface area (TPSA) is 71.3 Å². The van der Waals surface area contributed by atoms with Crippen LogP contribution in [0.15, 0.2) is 42.1 Å². The quantitative estimate of drug-likeness (QED) is 0.484. The lowest BCUT2D eigenvalue weighted by atomic mass is 10.2. The zero-order valence-corrected chi connectivity index (χ0v) is 18.2. The Morgan fingerprint density at radius 1 is 1.10 bits per heavy atom. The van der Waals surface area contributed by atoms with Crippen molar-refractivity contribution in [2.75, 3.05) is 31.9 Å². The number of piperazine rings is 1. The Bertz CT molecular complexity index is 933. The Labute approximate surface area is 185 Å². The van der Waals surface area contributed by atoms with Crippen molar-refractivity contribution in [2.24, 2.45) is 5.92 Å². The van der Waals surface area contributed by atoms with E-state index in [1.165, 1.54) is 11.8 Å². The summed E-state index contributed by atoms with van der Waals surface area (Å²) in [6.45, 7) is 6.79. The smallest absolute Gasteiger partial charge is 0.233 e. The van der Waals surface area contributed by atoms with Crippen LogP contribution in [0.5, 0.6) is 0 Å². The van der Waals surface area contributed by atoms with E-state index in [1.54, 1.807) is 6.08 Å². The van der Waals surface area contributed by atoms with Gasteiger partial charge in [-0.2, -0.15) is 0 Å². The molecule has 0 atom stereocenters. The molecule has 30 heavy (non-hydrogen) atoms. The highest BCUT2D eigenvalue weighted by atomic mass is 35.5. The summed E-state index contributed by atoms with van der Waals surface area (Å²) in [5.41, 5.74) is 0.906. The monoisotopic (exact) mass is 445 g/mol. The van der Waals surface area contributed by atoms with E-state index in [0.29, 0.717) is 48.7 Å². The number of benzene rings is 1. The van der Waals surface area contributed by atoms with Gasteiger partial charge in [-0.25, -0.2) is 0 Å². The first-order valence-electron chi connectivity index (χ1n) is 10.1. The maximum Gasteiger partial charge on any atom is 0.233 e. The Balaban J connectivity index is 1.36. The van der Waals surface area contributed by atoms with Gasteiger partial charge >= 0.3 is 0 Å². The molecule has 2 amide bonds. The second kappa shape index (κ2) is 9.22. The van der Waals surface area contributed by atoms with Crippen molar-refractivity contribution in [3.63, 3.8) is 0 Å². The molecule has 1 aromatic carbocycles. The Hall–Kier alpha value is -2.32. The fraction of sp³-hybridized carbons (Fsp3) is 0.429. The standard InChI is InChI=1S/C21H24ClN5O2S/c1-2-9-27-19(15-5-7-17(22)8-6-15)23-24-21(27)30-14-18(28)25-10-12-26(13-11-25)20(29)16-3-4-16/h2,5-8,16H,1,3-4,9-14H2. The SMILES string of the molecule is C=CCn1c(SCC(=O)N2CCN(C(=O)C3CC3)CC2)nnc1-c1ccc(Cl)cc1. The van der Waals surface area contributed by atoms with Gasteiger partial charge in [-0.05, 0) is 37.1 Å². The number of allylic oxidation sites excluding steroid dienone is 1. The number of aromatic nitrogens is 3. The van der Waals surface area contributed by atoms with E-state index in [-0.39, 0.29) is 23.5 Å². The molecule has 1 saturated heterocycles. The first-order chi connectivity index (χ1) is 14.6. The highest BCUT2D eigenvalue weighted by molar-refractivity contribution is 7.99. The molecule has 158 valence electrons. The molecule has 0 bridgehead atoms. The normalized spacial score (nSPS) is 16.6. The number of rotatable bonds is 7. The molecule has 0 unspecified atom stereocenters. The molecule has 0 spiro atoms. The van der Waals surface area contributed by atoms with E-state index in [9.17, 15) is 9.59 Å². The first kappa shape index (κ1) is 20.9. The van der Waals surface area contributed by atoms with Crippen LogP contribution in [0.25, 0.3) is 11.4 Å². The zero-order chi connectivity index (χ0) is 21.1. The van der Waals surface area contributed by atoms with E-state index < -0.39 is 0 Å². The summed E-state index contributed by atoms with van der Waals surface area (Å²) < 4.78 is 1.94. The lowest BCUT2D eigenvalue weighted by molar-refractivity contribution is -0.139. The van der Waals surface area contributed by atoms with Crippen molar-refractivity contribution in [3.8, 4) is 11.4 Å². The molecule has 1 aliphatic carbocycles. The number of hydrogen-bond acceptors (Lipinski definition) is 5. The Morgan fingerprint density at radius 3 is 2.40 bits per heavy atom. The van der Waals surface area contributed by atoms with Crippen LogP contribution in [-0.4, -0.2) is 68.3 Å². The van der Waals surface area contributed by atoms with E-state index in [2.05, 4.69) is 16.8 Å². The summed E-state index contributed by atoms with van der Waals surface area (Å²) in [6.07, 6.45) is 3.81. The van der Waals surface area contributed by atoms with Gasteiger partial charge in [0.2, 0.25) is 11.8 Å². The van der Waals surface area contributed by atoms with Crippen molar-refractivity contribution in [1.29, 1.82) is 0 Å². The third kappa shape index (κ3) is 4.70. The Kier molecular flexibility index (Phi) is 6.43. The summed E-state index contributed by atoms with van der Waals surface area (Å²) in [5, 5.41) is 9.93. The molecular formula is C21H24ClN5O2S. The van der Waals surface area contributed by atoms with Crippen LogP contribution in [0.2, 0.25) is 5.02 Å². The Morgan fingerprint density at radius 2 is 1.77 bits per heavy atom. The van der Waals surface area contributed by atoms with Gasteiger partial charge < -0.3 is 9.80 Å². The molecule has 0 N–H and O–H groups in total. The van der Waals surface area contributed by atoms with Crippen molar-refractivity contribution in [1.82, 2.24) is 24.6 Å². The highest BCUT2D eigenvalue weighted by Crippen LogP contribution is 2.31. The molecule has 7 nitrogen and oxygen atoms in total. The number of nitrogens with zero attached hydrogens (tertiary/aromatic N) is 5. The summed E-state index contributed by atoms with van der Waals surface area (Å²) >= 11 is 7.35. The number of carbonyl (C=O) groups is 2. The lowest BCUT2D eigenvalue weighted by Gasteiger charge is -2.34. The van der Waals surface area contributed by atoms with Crippen LogP contribution in [0, 0.1) is 5.92 Å². The third-order valence-corrected chi connectivity index (χ3v) is 6.53. The minimum atomic E-state index is 0.0553. The van der Waals surface area contributed by atoms with Crippen LogP contribution in [0.1, 0.15) is 12.8 Å². The molecule has 0 radical (unpaired) electrons. The fourth-order valence-corrected chi connectivity index (χ4v) is 4.46. The molecule has 2 aliphatic rings. The summed E-state index contributed by atoms with van der Waals surface area (Å²) in [7, 11) is 0. The predicted octanol–water partition coefficient (Wildman–Crippen LogP) is 2.96. The van der Waals surface area contributed by atoms with Crippen LogP contribution in [0.3, 0.4) is 0 Å². The molecular weight excluding hydrogens is 422 g/mol. The van der Waals surface area contributed by atoms with Gasteiger partial charge in [0.15, 0.2) is 11.0 Å². The van der Waals surface area contributed by atoms with E-state index in [1.807, 2.05) is 38.6 Å². The average molecular weight is 446 g/mol. The summed E-state index contributed by atoms with van der Waals surface area (Å²) in [4.78, 5) is 28.6. The number of carbonyl (C=O) groups excluding carboxylic acids is 2. The molecule has 9 heteroatoms. The van der Waals surface area contributed by atoms with Crippen molar-refractivity contribution < 1.29 is 9.59 Å². The predicted molar refractivity (Wildman–Crippen MR) is 117 cm³/mol. The second-order valence-electron chi connectivity index (χ2n) is 7.48. The van der Waals surface area contributed by atoms with Gasteiger partial charge in [-0.15, -0.1) is 16.8 Å². The van der Waals surface area contributed by atoms with E-state index >= 15 is 0 Å². The molecule has 2 heterocycles.